The van der Waals surface area contributed by atoms with Gasteiger partial charge < -0.3 is 0 Å². The second-order valence-corrected chi connectivity index (χ2v) is 6.68. The minimum atomic E-state index is -0.651. The van der Waals surface area contributed by atoms with E-state index >= 15 is 0 Å². The van der Waals surface area contributed by atoms with Crippen molar-refractivity contribution in [1.82, 2.24) is 8.61 Å². The molecular weight excluding hydrogens is 322 g/mol. The molecular formula is C14H19N3O3S2. The highest BCUT2D eigenvalue weighted by molar-refractivity contribution is 8.13. The van der Waals surface area contributed by atoms with Gasteiger partial charge in [-0.05, 0) is 32.2 Å². The van der Waals surface area contributed by atoms with E-state index < -0.39 is 6.09 Å². The Kier molecular flexibility index (Phi) is 7.26. The standard InChI is InChI=1S/C14H19N3O3S2/c1-10-6-8-12(9-7-10)13(18)16(3)22-17(4)14(19)20-15-11(2)21-5/h6-9H,1-5H3/b15-11-. The zero-order chi connectivity index (χ0) is 16.7. The number of rotatable bonds is 4. The molecule has 6 nitrogen and oxygen atoms in total. The molecule has 120 valence electrons. The Morgan fingerprint density at radius 3 is 2.27 bits per heavy atom. The van der Waals surface area contributed by atoms with Crippen molar-refractivity contribution < 1.29 is 14.4 Å². The first-order valence-corrected chi connectivity index (χ1v) is 8.36. The van der Waals surface area contributed by atoms with Crippen molar-refractivity contribution in [2.75, 3.05) is 20.4 Å². The average molecular weight is 341 g/mol. The Balaban J connectivity index is 2.59. The van der Waals surface area contributed by atoms with Gasteiger partial charge in [0.15, 0.2) is 0 Å². The molecule has 0 aliphatic rings. The highest BCUT2D eigenvalue weighted by Crippen LogP contribution is 2.17. The second-order valence-electron chi connectivity index (χ2n) is 4.42. The number of amides is 2. The minimum absolute atomic E-state index is 0.201. The van der Waals surface area contributed by atoms with Crippen molar-refractivity contribution >= 4 is 40.9 Å². The monoisotopic (exact) mass is 341 g/mol. The molecule has 1 aromatic rings. The van der Waals surface area contributed by atoms with Crippen molar-refractivity contribution in [3.63, 3.8) is 0 Å². The predicted octanol–water partition coefficient (Wildman–Crippen LogP) is 3.40. The molecule has 0 N–H and O–H groups in total. The summed E-state index contributed by atoms with van der Waals surface area (Å²) in [5.74, 6) is -0.201. The maximum Gasteiger partial charge on any atom is 0.447 e. The van der Waals surface area contributed by atoms with Gasteiger partial charge >= 0.3 is 6.09 Å². The van der Waals surface area contributed by atoms with Gasteiger partial charge in [0.25, 0.3) is 5.91 Å². The zero-order valence-electron chi connectivity index (χ0n) is 13.2. The van der Waals surface area contributed by atoms with E-state index in [0.717, 1.165) is 17.7 Å². The number of hydrogen-bond donors (Lipinski definition) is 0. The molecule has 0 aromatic heterocycles. The van der Waals surface area contributed by atoms with Gasteiger partial charge in [0.05, 0.1) is 12.1 Å². The zero-order valence-corrected chi connectivity index (χ0v) is 14.8. The fourth-order valence-corrected chi connectivity index (χ4v) is 2.09. The number of nitrogens with zero attached hydrogens (tertiary/aromatic N) is 3. The van der Waals surface area contributed by atoms with Crippen LogP contribution in [0.15, 0.2) is 29.4 Å². The number of thioether (sulfide) groups is 1. The van der Waals surface area contributed by atoms with Crippen molar-refractivity contribution in [2.24, 2.45) is 5.16 Å². The third kappa shape index (κ3) is 5.61. The molecule has 1 aromatic carbocycles. The Labute approximate surface area is 139 Å². The molecule has 0 spiro atoms. The number of carbonyl (C=O) groups excluding carboxylic acids is 2. The fraction of sp³-hybridized carbons (Fsp3) is 0.357. The summed E-state index contributed by atoms with van der Waals surface area (Å²) in [6, 6.07) is 7.23. The van der Waals surface area contributed by atoms with Crippen molar-refractivity contribution in [3.05, 3.63) is 35.4 Å². The maximum atomic E-state index is 12.2. The Hall–Kier alpha value is -1.67. The summed E-state index contributed by atoms with van der Waals surface area (Å²) in [5.41, 5.74) is 1.63. The Bertz CT molecular complexity index is 561. The summed E-state index contributed by atoms with van der Waals surface area (Å²) < 4.78 is 2.56. The molecule has 1 rings (SSSR count). The van der Waals surface area contributed by atoms with E-state index in [0.29, 0.717) is 10.6 Å². The van der Waals surface area contributed by atoms with Gasteiger partial charge in [-0.2, -0.15) is 0 Å². The van der Waals surface area contributed by atoms with Crippen molar-refractivity contribution in [1.29, 1.82) is 0 Å². The Morgan fingerprint density at radius 2 is 1.73 bits per heavy atom. The van der Waals surface area contributed by atoms with Gasteiger partial charge in [0.2, 0.25) is 0 Å². The minimum Gasteiger partial charge on any atom is -0.296 e. The van der Waals surface area contributed by atoms with Gasteiger partial charge in [-0.1, -0.05) is 22.9 Å². The predicted molar refractivity (Wildman–Crippen MR) is 91.7 cm³/mol. The molecule has 0 unspecified atom stereocenters. The summed E-state index contributed by atoms with van der Waals surface area (Å²) in [7, 11) is 3.10. The van der Waals surface area contributed by atoms with E-state index in [1.807, 2.05) is 25.3 Å². The molecule has 0 radical (unpaired) electrons. The fourth-order valence-electron chi connectivity index (χ4n) is 1.33. The van der Waals surface area contributed by atoms with E-state index in [1.165, 1.54) is 27.4 Å². The molecule has 8 heteroatoms. The molecule has 0 saturated heterocycles. The van der Waals surface area contributed by atoms with Crippen LogP contribution >= 0.6 is 23.9 Å². The summed E-state index contributed by atoms with van der Waals surface area (Å²) in [6.45, 7) is 3.69. The summed E-state index contributed by atoms with van der Waals surface area (Å²) >= 11 is 2.32. The first-order chi connectivity index (χ1) is 10.3. The number of carbonyl (C=O) groups is 2. The lowest BCUT2D eigenvalue weighted by Gasteiger charge is -2.21. The van der Waals surface area contributed by atoms with E-state index in [1.54, 1.807) is 26.1 Å². The van der Waals surface area contributed by atoms with E-state index in [-0.39, 0.29) is 5.91 Å². The van der Waals surface area contributed by atoms with Gasteiger partial charge in [-0.15, -0.1) is 11.8 Å². The SMILES string of the molecule is CS/C(C)=N\OC(=O)N(C)SN(C)C(=O)c1ccc(C)cc1. The van der Waals surface area contributed by atoms with E-state index in [4.69, 9.17) is 4.84 Å². The molecule has 0 aliphatic heterocycles. The third-order valence-electron chi connectivity index (χ3n) is 2.63. The van der Waals surface area contributed by atoms with Crippen LogP contribution < -0.4 is 0 Å². The lowest BCUT2D eigenvalue weighted by molar-refractivity contribution is 0.0888. The molecule has 0 saturated carbocycles. The van der Waals surface area contributed by atoms with Gasteiger partial charge in [-0.3, -0.25) is 13.9 Å². The normalized spacial score (nSPS) is 11.0. The van der Waals surface area contributed by atoms with E-state index in [2.05, 4.69) is 5.16 Å². The van der Waals surface area contributed by atoms with Crippen LogP contribution in [-0.2, 0) is 4.84 Å². The highest BCUT2D eigenvalue weighted by Gasteiger charge is 2.19. The molecule has 22 heavy (non-hydrogen) atoms. The maximum absolute atomic E-state index is 12.2. The van der Waals surface area contributed by atoms with Crippen LogP contribution in [0.1, 0.15) is 22.8 Å². The number of benzene rings is 1. The number of oxime groups is 1. The van der Waals surface area contributed by atoms with Crippen LogP contribution in [0.5, 0.6) is 0 Å². The lowest BCUT2D eigenvalue weighted by atomic mass is 10.1. The highest BCUT2D eigenvalue weighted by atomic mass is 32.2. The largest absolute Gasteiger partial charge is 0.447 e. The van der Waals surface area contributed by atoms with Crippen LogP contribution in [0.2, 0.25) is 0 Å². The summed E-state index contributed by atoms with van der Waals surface area (Å²) in [4.78, 5) is 28.7. The molecule has 0 heterocycles. The first kappa shape index (κ1) is 18.4. The van der Waals surface area contributed by atoms with Gasteiger partial charge in [-0.25, -0.2) is 9.10 Å². The second kappa shape index (κ2) is 8.70. The molecule has 2 amide bonds. The topological polar surface area (TPSA) is 62.2 Å². The molecule has 0 atom stereocenters. The van der Waals surface area contributed by atoms with Crippen LogP contribution in [-0.4, -0.2) is 46.0 Å². The summed E-state index contributed by atoms with van der Waals surface area (Å²) in [6.07, 6.45) is 1.18. The Morgan fingerprint density at radius 1 is 1.14 bits per heavy atom. The van der Waals surface area contributed by atoms with Crippen molar-refractivity contribution in [3.8, 4) is 0 Å². The number of aryl methyl sites for hydroxylation is 1. The number of hydrogen-bond acceptors (Lipinski definition) is 6. The van der Waals surface area contributed by atoms with Gasteiger partial charge in [0, 0.05) is 19.7 Å². The van der Waals surface area contributed by atoms with Gasteiger partial charge in [0.1, 0.15) is 5.04 Å². The third-order valence-corrected chi connectivity index (χ3v) is 4.10. The molecule has 0 fully saturated rings. The van der Waals surface area contributed by atoms with Crippen LogP contribution in [0, 0.1) is 6.92 Å². The average Bonchev–Trinajstić information content (AvgIpc) is 2.51. The van der Waals surface area contributed by atoms with Crippen LogP contribution in [0.4, 0.5) is 4.79 Å². The molecule has 0 bridgehead atoms. The lowest BCUT2D eigenvalue weighted by Crippen LogP contribution is -2.28. The van der Waals surface area contributed by atoms with Crippen LogP contribution in [0.25, 0.3) is 0 Å². The quantitative estimate of drug-likeness (QED) is 0.276. The smallest absolute Gasteiger partial charge is 0.296 e. The van der Waals surface area contributed by atoms with Crippen LogP contribution in [0.3, 0.4) is 0 Å². The first-order valence-electron chi connectivity index (χ1n) is 6.41. The molecule has 0 aliphatic carbocycles. The summed E-state index contributed by atoms with van der Waals surface area (Å²) in [5, 5.41) is 4.29. The van der Waals surface area contributed by atoms with E-state index in [9.17, 15) is 9.59 Å². The van der Waals surface area contributed by atoms with Crippen molar-refractivity contribution in [2.45, 2.75) is 13.8 Å².